The van der Waals surface area contributed by atoms with E-state index < -0.39 is 18.2 Å². The van der Waals surface area contributed by atoms with Gasteiger partial charge in [0.15, 0.2) is 5.82 Å². The highest BCUT2D eigenvalue weighted by molar-refractivity contribution is 6.33. The Bertz CT molecular complexity index is 654. The summed E-state index contributed by atoms with van der Waals surface area (Å²) in [6.45, 7) is -0.512. The van der Waals surface area contributed by atoms with Crippen LogP contribution >= 0.6 is 11.6 Å². The van der Waals surface area contributed by atoms with Crippen LogP contribution in [-0.4, -0.2) is 26.5 Å². The van der Waals surface area contributed by atoms with Crippen molar-refractivity contribution in [2.45, 2.75) is 13.0 Å². The van der Waals surface area contributed by atoms with E-state index in [2.05, 4.69) is 10.4 Å². The van der Waals surface area contributed by atoms with Crippen molar-refractivity contribution >= 4 is 17.3 Å². The average Bonchev–Trinajstić information content (AvgIpc) is 2.73. The number of alkyl halides is 1. The van der Waals surface area contributed by atoms with Crippen molar-refractivity contribution < 1.29 is 8.78 Å². The molecule has 0 saturated carbocycles. The lowest BCUT2D eigenvalue weighted by Crippen LogP contribution is -2.25. The van der Waals surface area contributed by atoms with Gasteiger partial charge >= 0.3 is 5.69 Å². The monoisotopic (exact) mass is 289 g/mol. The van der Waals surface area contributed by atoms with Gasteiger partial charge in [-0.3, -0.25) is 4.39 Å². The van der Waals surface area contributed by atoms with Gasteiger partial charge in [-0.05, 0) is 29.0 Å². The summed E-state index contributed by atoms with van der Waals surface area (Å²) in [5.74, 6) is -0.751. The zero-order valence-electron chi connectivity index (χ0n) is 9.68. The lowest BCUT2D eigenvalue weighted by atomic mass is 10.2. The van der Waals surface area contributed by atoms with Crippen LogP contribution in [-0.2, 0) is 6.54 Å². The number of hydrogen-bond acceptors (Lipinski definition) is 4. The normalized spacial score (nSPS) is 10.9. The quantitative estimate of drug-likeness (QED) is 0.857. The minimum Gasteiger partial charge on any atom is -0.397 e. The third-order valence-electron chi connectivity index (χ3n) is 2.44. The smallest absolute Gasteiger partial charge is 0.368 e. The molecule has 0 spiro atoms. The lowest BCUT2D eigenvalue weighted by Gasteiger charge is -2.04. The van der Waals surface area contributed by atoms with Gasteiger partial charge in [0.2, 0.25) is 0 Å². The SMILES string of the molecule is Nc1cc(-n2nnn(CCCF)c2=O)c(F)cc1Cl. The van der Waals surface area contributed by atoms with Gasteiger partial charge in [-0.15, -0.1) is 0 Å². The van der Waals surface area contributed by atoms with Crippen LogP contribution in [0.25, 0.3) is 5.69 Å². The molecule has 0 atom stereocenters. The molecule has 0 aliphatic rings. The number of halogens is 3. The van der Waals surface area contributed by atoms with Crippen molar-refractivity contribution in [3.05, 3.63) is 33.5 Å². The first-order chi connectivity index (χ1) is 9.04. The van der Waals surface area contributed by atoms with Gasteiger partial charge in [0, 0.05) is 0 Å². The average molecular weight is 290 g/mol. The highest BCUT2D eigenvalue weighted by Crippen LogP contribution is 2.23. The van der Waals surface area contributed by atoms with E-state index in [0.717, 1.165) is 15.4 Å². The van der Waals surface area contributed by atoms with E-state index in [0.29, 0.717) is 0 Å². The molecule has 9 heteroatoms. The molecule has 0 amide bonds. The van der Waals surface area contributed by atoms with E-state index in [1.807, 2.05) is 0 Å². The zero-order chi connectivity index (χ0) is 14.0. The number of anilines is 1. The minimum absolute atomic E-state index is 0.0409. The summed E-state index contributed by atoms with van der Waals surface area (Å²) in [7, 11) is 0. The number of aryl methyl sites for hydroxylation is 1. The van der Waals surface area contributed by atoms with Crippen LogP contribution in [0, 0.1) is 5.82 Å². The van der Waals surface area contributed by atoms with E-state index in [9.17, 15) is 13.6 Å². The number of rotatable bonds is 4. The molecule has 1 aromatic carbocycles. The topological polar surface area (TPSA) is 78.7 Å². The van der Waals surface area contributed by atoms with Crippen LogP contribution in [0.5, 0.6) is 0 Å². The molecule has 0 aliphatic heterocycles. The molecule has 0 saturated heterocycles. The van der Waals surface area contributed by atoms with Crippen molar-refractivity contribution in [3.8, 4) is 5.69 Å². The van der Waals surface area contributed by atoms with Gasteiger partial charge in [0.05, 0.1) is 23.9 Å². The first-order valence-electron chi connectivity index (χ1n) is 5.38. The molecule has 2 aromatic rings. The van der Waals surface area contributed by atoms with E-state index in [-0.39, 0.29) is 29.4 Å². The molecule has 19 heavy (non-hydrogen) atoms. The fourth-order valence-corrected chi connectivity index (χ4v) is 1.64. The summed E-state index contributed by atoms with van der Waals surface area (Å²) in [5.41, 5.74) is 4.83. The second kappa shape index (κ2) is 5.35. The summed E-state index contributed by atoms with van der Waals surface area (Å²) in [4.78, 5) is 11.9. The Morgan fingerprint density at radius 2 is 2.11 bits per heavy atom. The molecule has 0 aliphatic carbocycles. The number of nitrogens with two attached hydrogens (primary N) is 1. The fourth-order valence-electron chi connectivity index (χ4n) is 1.49. The summed E-state index contributed by atoms with van der Waals surface area (Å²) in [5, 5.41) is 7.10. The minimum atomic E-state index is -0.751. The van der Waals surface area contributed by atoms with Gasteiger partial charge < -0.3 is 5.73 Å². The highest BCUT2D eigenvalue weighted by Gasteiger charge is 2.14. The van der Waals surface area contributed by atoms with Crippen LogP contribution < -0.4 is 11.4 Å². The summed E-state index contributed by atoms with van der Waals surface area (Å²) < 4.78 is 27.5. The van der Waals surface area contributed by atoms with Gasteiger partial charge in [-0.25, -0.2) is 9.18 Å². The maximum atomic E-state index is 13.7. The number of nitrogen functional groups attached to an aromatic ring is 1. The van der Waals surface area contributed by atoms with Gasteiger partial charge in [-0.2, -0.15) is 9.36 Å². The lowest BCUT2D eigenvalue weighted by molar-refractivity contribution is 0.427. The molecule has 0 radical (unpaired) electrons. The molecule has 0 bridgehead atoms. The highest BCUT2D eigenvalue weighted by atomic mass is 35.5. The van der Waals surface area contributed by atoms with Crippen molar-refractivity contribution in [1.82, 2.24) is 19.8 Å². The van der Waals surface area contributed by atoms with Crippen molar-refractivity contribution in [1.29, 1.82) is 0 Å². The molecule has 1 heterocycles. The van der Waals surface area contributed by atoms with E-state index in [1.54, 1.807) is 0 Å². The first kappa shape index (κ1) is 13.5. The largest absolute Gasteiger partial charge is 0.397 e. The van der Waals surface area contributed by atoms with Gasteiger partial charge in [-0.1, -0.05) is 11.6 Å². The predicted octanol–water partition coefficient (Wildman–Crippen LogP) is 1.16. The predicted molar refractivity (Wildman–Crippen MR) is 65.6 cm³/mol. The molecular formula is C10H10ClF2N5O. The third kappa shape index (κ3) is 2.58. The Balaban J connectivity index is 2.45. The maximum absolute atomic E-state index is 13.7. The number of nitrogens with zero attached hydrogens (tertiary/aromatic N) is 4. The standard InChI is InChI=1S/C10H10ClF2N5O/c11-6-4-7(13)9(5-8(6)14)18-10(19)17(15-16-18)3-1-2-12/h4-5H,1-3,14H2. The van der Waals surface area contributed by atoms with Gasteiger partial charge in [0.25, 0.3) is 0 Å². The van der Waals surface area contributed by atoms with Crippen LogP contribution in [0.3, 0.4) is 0 Å². The summed E-state index contributed by atoms with van der Waals surface area (Å²) >= 11 is 5.65. The Labute approximate surface area is 111 Å². The van der Waals surface area contributed by atoms with Crippen LogP contribution in [0.15, 0.2) is 16.9 Å². The zero-order valence-corrected chi connectivity index (χ0v) is 10.4. The van der Waals surface area contributed by atoms with E-state index in [1.165, 1.54) is 6.07 Å². The summed E-state index contributed by atoms with van der Waals surface area (Å²) in [6.07, 6.45) is 0.129. The van der Waals surface area contributed by atoms with Gasteiger partial charge in [0.1, 0.15) is 5.69 Å². The fraction of sp³-hybridized carbons (Fsp3) is 0.300. The van der Waals surface area contributed by atoms with Crippen LogP contribution in [0.2, 0.25) is 5.02 Å². The molecule has 0 unspecified atom stereocenters. The first-order valence-corrected chi connectivity index (χ1v) is 5.76. The van der Waals surface area contributed by atoms with Crippen molar-refractivity contribution in [2.75, 3.05) is 12.4 Å². The Morgan fingerprint density at radius 3 is 2.79 bits per heavy atom. The number of benzene rings is 1. The molecular weight excluding hydrogens is 280 g/mol. The Hall–Kier alpha value is -1.96. The molecule has 102 valence electrons. The second-order valence-electron chi connectivity index (χ2n) is 3.76. The number of aromatic nitrogens is 4. The molecule has 0 fully saturated rings. The van der Waals surface area contributed by atoms with Crippen LogP contribution in [0.1, 0.15) is 6.42 Å². The summed E-state index contributed by atoms with van der Waals surface area (Å²) in [6, 6.07) is 2.17. The van der Waals surface area contributed by atoms with E-state index in [4.69, 9.17) is 17.3 Å². The van der Waals surface area contributed by atoms with Crippen molar-refractivity contribution in [2.24, 2.45) is 0 Å². The Morgan fingerprint density at radius 1 is 1.37 bits per heavy atom. The van der Waals surface area contributed by atoms with Crippen LogP contribution in [0.4, 0.5) is 14.5 Å². The van der Waals surface area contributed by atoms with E-state index >= 15 is 0 Å². The molecule has 2 rings (SSSR count). The van der Waals surface area contributed by atoms with Crippen molar-refractivity contribution in [3.63, 3.8) is 0 Å². The Kier molecular flexibility index (Phi) is 3.79. The molecule has 6 nitrogen and oxygen atoms in total. The number of tetrazole rings is 1. The molecule has 1 aromatic heterocycles. The third-order valence-corrected chi connectivity index (χ3v) is 2.76. The molecule has 2 N–H and O–H groups in total. The second-order valence-corrected chi connectivity index (χ2v) is 4.17. The maximum Gasteiger partial charge on any atom is 0.368 e. The number of hydrogen-bond donors (Lipinski definition) is 1.